The molecule has 1 aliphatic rings. The van der Waals surface area contributed by atoms with E-state index in [2.05, 4.69) is 12.2 Å². The van der Waals surface area contributed by atoms with Crippen molar-refractivity contribution in [2.45, 2.75) is 50.4 Å². The molecule has 0 saturated carbocycles. The van der Waals surface area contributed by atoms with Gasteiger partial charge in [0.25, 0.3) is 0 Å². The molecule has 1 amide bonds. The van der Waals surface area contributed by atoms with Gasteiger partial charge in [-0.25, -0.2) is 0 Å². The minimum absolute atomic E-state index is 0.00709. The third-order valence-corrected chi connectivity index (χ3v) is 4.03. The highest BCUT2D eigenvalue weighted by atomic mass is 32.2. The maximum atomic E-state index is 11.5. The lowest BCUT2D eigenvalue weighted by Gasteiger charge is -2.27. The summed E-state index contributed by atoms with van der Waals surface area (Å²) in [4.78, 5) is 11.5. The lowest BCUT2D eigenvalue weighted by atomic mass is 10.1. The van der Waals surface area contributed by atoms with Crippen LogP contribution in [-0.4, -0.2) is 29.0 Å². The lowest BCUT2D eigenvalue weighted by Crippen LogP contribution is -2.47. The quantitative estimate of drug-likeness (QED) is 0.743. The summed E-state index contributed by atoms with van der Waals surface area (Å²) in [6.45, 7) is 4.17. The second kappa shape index (κ2) is 5.61. The van der Waals surface area contributed by atoms with E-state index >= 15 is 0 Å². The normalized spacial score (nSPS) is 29.6. The van der Waals surface area contributed by atoms with Gasteiger partial charge in [0, 0.05) is 17.0 Å². The van der Waals surface area contributed by atoms with Gasteiger partial charge < -0.3 is 11.1 Å². The Bertz CT molecular complexity index is 191. The second-order valence-corrected chi connectivity index (χ2v) is 5.41. The zero-order valence-corrected chi connectivity index (χ0v) is 9.77. The van der Waals surface area contributed by atoms with Gasteiger partial charge in [0.1, 0.15) is 0 Å². The van der Waals surface area contributed by atoms with Crippen LogP contribution in [0.15, 0.2) is 0 Å². The largest absolute Gasteiger partial charge is 0.351 e. The van der Waals surface area contributed by atoms with Crippen molar-refractivity contribution >= 4 is 17.7 Å². The molecule has 82 valence electrons. The fraction of sp³-hybridized carbons (Fsp3) is 0.900. The summed E-state index contributed by atoms with van der Waals surface area (Å²) in [7, 11) is 0. The van der Waals surface area contributed by atoms with Crippen molar-refractivity contribution in [2.75, 3.05) is 5.75 Å². The highest BCUT2D eigenvalue weighted by Crippen LogP contribution is 2.24. The van der Waals surface area contributed by atoms with Crippen molar-refractivity contribution < 1.29 is 4.79 Å². The van der Waals surface area contributed by atoms with E-state index in [1.54, 1.807) is 0 Å². The van der Waals surface area contributed by atoms with Crippen molar-refractivity contribution in [3.8, 4) is 0 Å². The van der Waals surface area contributed by atoms with E-state index in [9.17, 15) is 4.79 Å². The molecule has 3 atom stereocenters. The first kappa shape index (κ1) is 11.9. The molecule has 1 fully saturated rings. The molecule has 0 bridgehead atoms. The summed E-state index contributed by atoms with van der Waals surface area (Å²) in [6, 6.07) is 0.000602. The predicted octanol–water partition coefficient (Wildman–Crippen LogP) is 1.12. The van der Waals surface area contributed by atoms with Crippen LogP contribution in [0.4, 0.5) is 0 Å². The molecule has 1 rings (SSSR count). The molecular formula is C10H20N2OS. The first-order chi connectivity index (χ1) is 6.63. The number of thioether (sulfide) groups is 1. The Morgan fingerprint density at radius 2 is 2.36 bits per heavy atom. The molecule has 1 saturated heterocycles. The Balaban J connectivity index is 2.27. The molecule has 0 radical (unpaired) electrons. The van der Waals surface area contributed by atoms with E-state index in [-0.39, 0.29) is 11.9 Å². The van der Waals surface area contributed by atoms with Gasteiger partial charge in [-0.15, -0.1) is 0 Å². The van der Waals surface area contributed by atoms with Crippen LogP contribution in [0.2, 0.25) is 0 Å². The number of rotatable bonds is 3. The van der Waals surface area contributed by atoms with Crippen LogP contribution < -0.4 is 11.1 Å². The molecule has 0 spiro atoms. The van der Waals surface area contributed by atoms with Crippen molar-refractivity contribution in [3.05, 3.63) is 0 Å². The molecular weight excluding hydrogens is 196 g/mol. The SMILES string of the molecule is CC[C@H](N)C(=O)NC1CCC(C)SC1. The molecule has 3 nitrogen and oxygen atoms in total. The average Bonchev–Trinajstić information content (AvgIpc) is 2.20. The Morgan fingerprint density at radius 3 is 2.86 bits per heavy atom. The topological polar surface area (TPSA) is 55.1 Å². The van der Waals surface area contributed by atoms with E-state index in [4.69, 9.17) is 5.73 Å². The van der Waals surface area contributed by atoms with Crippen LogP contribution >= 0.6 is 11.8 Å². The predicted molar refractivity (Wildman–Crippen MR) is 61.4 cm³/mol. The first-order valence-corrected chi connectivity index (χ1v) is 6.36. The van der Waals surface area contributed by atoms with Gasteiger partial charge >= 0.3 is 0 Å². The number of hydrogen-bond donors (Lipinski definition) is 2. The fourth-order valence-electron chi connectivity index (χ4n) is 1.49. The number of carbonyl (C=O) groups excluding carboxylic acids is 1. The van der Waals surface area contributed by atoms with E-state index in [0.717, 1.165) is 17.4 Å². The van der Waals surface area contributed by atoms with Crippen LogP contribution in [0, 0.1) is 0 Å². The van der Waals surface area contributed by atoms with Gasteiger partial charge in [-0.3, -0.25) is 4.79 Å². The summed E-state index contributed by atoms with van der Waals surface area (Å²) in [5.41, 5.74) is 5.64. The Labute approximate surface area is 90.2 Å². The minimum Gasteiger partial charge on any atom is -0.351 e. The van der Waals surface area contributed by atoms with Gasteiger partial charge in [0.2, 0.25) is 5.91 Å². The standard InChI is InChI=1S/C10H20N2OS/c1-3-9(11)10(13)12-8-5-4-7(2)14-6-8/h7-9H,3-6,11H2,1-2H3,(H,12,13)/t7?,8?,9-/m0/s1. The smallest absolute Gasteiger partial charge is 0.237 e. The molecule has 1 aliphatic heterocycles. The first-order valence-electron chi connectivity index (χ1n) is 5.31. The van der Waals surface area contributed by atoms with Crippen molar-refractivity contribution in [2.24, 2.45) is 5.73 Å². The number of nitrogens with one attached hydrogen (secondary N) is 1. The Morgan fingerprint density at radius 1 is 1.64 bits per heavy atom. The summed E-state index contributed by atoms with van der Waals surface area (Å²) in [5, 5.41) is 3.74. The van der Waals surface area contributed by atoms with E-state index < -0.39 is 0 Å². The van der Waals surface area contributed by atoms with E-state index in [0.29, 0.717) is 12.5 Å². The fourth-order valence-corrected chi connectivity index (χ4v) is 2.60. The van der Waals surface area contributed by atoms with Crippen molar-refractivity contribution in [3.63, 3.8) is 0 Å². The monoisotopic (exact) mass is 216 g/mol. The summed E-state index contributed by atoms with van der Waals surface area (Å²) in [6.07, 6.45) is 3.00. The Hall–Kier alpha value is -0.220. The molecule has 0 aromatic rings. The third-order valence-electron chi connectivity index (χ3n) is 2.63. The van der Waals surface area contributed by atoms with Crippen LogP contribution in [0.5, 0.6) is 0 Å². The van der Waals surface area contributed by atoms with E-state index in [1.165, 1.54) is 6.42 Å². The molecule has 0 aromatic carbocycles. The van der Waals surface area contributed by atoms with Crippen LogP contribution in [0.1, 0.15) is 33.1 Å². The lowest BCUT2D eigenvalue weighted by molar-refractivity contribution is -0.123. The van der Waals surface area contributed by atoms with Crippen LogP contribution in [-0.2, 0) is 4.79 Å². The summed E-state index contributed by atoms with van der Waals surface area (Å²) >= 11 is 1.93. The maximum Gasteiger partial charge on any atom is 0.237 e. The second-order valence-electron chi connectivity index (χ2n) is 3.94. The molecule has 0 aromatic heterocycles. The van der Waals surface area contributed by atoms with Gasteiger partial charge in [-0.2, -0.15) is 11.8 Å². The number of amides is 1. The average molecular weight is 216 g/mol. The number of carbonyl (C=O) groups is 1. The van der Waals surface area contributed by atoms with Crippen LogP contribution in [0.3, 0.4) is 0 Å². The van der Waals surface area contributed by atoms with Crippen molar-refractivity contribution in [1.82, 2.24) is 5.32 Å². The summed E-state index contributed by atoms with van der Waals surface area (Å²) < 4.78 is 0. The highest BCUT2D eigenvalue weighted by Gasteiger charge is 2.21. The Kier molecular flexibility index (Phi) is 4.75. The van der Waals surface area contributed by atoms with Crippen LogP contribution in [0.25, 0.3) is 0 Å². The number of nitrogens with two attached hydrogens (primary N) is 1. The van der Waals surface area contributed by atoms with Gasteiger partial charge in [-0.05, 0) is 19.3 Å². The minimum atomic E-state index is -0.334. The maximum absolute atomic E-state index is 11.5. The molecule has 1 heterocycles. The zero-order chi connectivity index (χ0) is 10.6. The molecule has 4 heteroatoms. The third kappa shape index (κ3) is 3.50. The van der Waals surface area contributed by atoms with Crippen molar-refractivity contribution in [1.29, 1.82) is 0 Å². The zero-order valence-electron chi connectivity index (χ0n) is 8.95. The molecule has 0 aliphatic carbocycles. The van der Waals surface area contributed by atoms with E-state index in [1.807, 2.05) is 18.7 Å². The highest BCUT2D eigenvalue weighted by molar-refractivity contribution is 7.99. The summed E-state index contributed by atoms with van der Waals surface area (Å²) in [5.74, 6) is 1.04. The van der Waals surface area contributed by atoms with Gasteiger partial charge in [0.15, 0.2) is 0 Å². The molecule has 2 unspecified atom stereocenters. The molecule has 3 N–H and O–H groups in total. The molecule has 14 heavy (non-hydrogen) atoms. The van der Waals surface area contributed by atoms with Gasteiger partial charge in [0.05, 0.1) is 6.04 Å². The number of hydrogen-bond acceptors (Lipinski definition) is 3. The van der Waals surface area contributed by atoms with Gasteiger partial charge in [-0.1, -0.05) is 13.8 Å².